The van der Waals surface area contributed by atoms with Gasteiger partial charge in [-0.2, -0.15) is 0 Å². The Morgan fingerprint density at radius 3 is 1.07 bits per heavy atom. The van der Waals surface area contributed by atoms with Crippen molar-refractivity contribution in [3.8, 4) is 0 Å². The number of aliphatic hydroxyl groups is 3. The molecule has 27 heteroatoms. The third-order valence-corrected chi connectivity index (χ3v) is 29.2. The van der Waals surface area contributed by atoms with Gasteiger partial charge in [-0.3, -0.25) is 0 Å². The van der Waals surface area contributed by atoms with E-state index in [1.165, 1.54) is 24.3 Å². The van der Waals surface area contributed by atoms with Crippen LogP contribution in [0.25, 0.3) is 0 Å². The first-order chi connectivity index (χ1) is 57.1. The van der Waals surface area contributed by atoms with Crippen molar-refractivity contribution >= 4 is 28.4 Å². The maximum absolute atomic E-state index is 15.8. The van der Waals surface area contributed by atoms with Crippen LogP contribution in [0.3, 0.4) is 0 Å². The lowest BCUT2D eigenvalue weighted by atomic mass is 9.94. The van der Waals surface area contributed by atoms with Crippen LogP contribution in [0.1, 0.15) is 66.6 Å². The Labute approximate surface area is 693 Å². The van der Waals surface area contributed by atoms with Crippen molar-refractivity contribution in [2.24, 2.45) is 0 Å². The highest BCUT2D eigenvalue weighted by atomic mass is 32.2. The molecule has 4 fully saturated rings. The normalized spacial score (nSPS) is 27.8. The largest absolute Gasteiger partial charge is 0.394 e. The van der Waals surface area contributed by atoms with E-state index in [0.717, 1.165) is 22.3 Å². The first kappa shape index (κ1) is 88.1. The van der Waals surface area contributed by atoms with Crippen LogP contribution < -0.4 is 9.44 Å². The zero-order chi connectivity index (χ0) is 82.7. The van der Waals surface area contributed by atoms with Crippen molar-refractivity contribution in [2.45, 2.75) is 225 Å². The van der Waals surface area contributed by atoms with Gasteiger partial charge < -0.3 is 86.1 Å². The molecule has 8 unspecified atom stereocenters. The van der Waals surface area contributed by atoms with E-state index < -0.39 is 169 Å². The highest BCUT2D eigenvalue weighted by Crippen LogP contribution is 2.43. The number of rotatable bonds is 38. The van der Waals surface area contributed by atoms with Crippen molar-refractivity contribution in [1.29, 1.82) is 0 Å². The van der Waals surface area contributed by atoms with Gasteiger partial charge in [-0.15, -0.1) is 0 Å². The third-order valence-electron chi connectivity index (χ3n) is 21.9. The molecule has 24 nitrogen and oxygen atoms in total. The number of sulfonamides is 2. The Balaban J connectivity index is 0.980. The van der Waals surface area contributed by atoms with Crippen LogP contribution in [0.15, 0.2) is 283 Å². The maximum atomic E-state index is 15.8. The molecule has 0 spiro atoms. The summed E-state index contributed by atoms with van der Waals surface area (Å²) in [7, 11) is -12.4. The van der Waals surface area contributed by atoms with Crippen molar-refractivity contribution in [2.75, 3.05) is 19.8 Å². The molecular weight excluding hydrogens is 1570 g/mol. The number of aliphatic hydroxyl groups excluding tert-OH is 3. The highest BCUT2D eigenvalue weighted by Gasteiger charge is 2.59. The second-order valence-corrected chi connectivity index (χ2v) is 39.6. The Bertz CT molecular complexity index is 4690. The third kappa shape index (κ3) is 23.3. The monoisotopic (exact) mass is 1670 g/mol. The van der Waals surface area contributed by atoms with Crippen LogP contribution in [0.2, 0.25) is 18.1 Å². The molecule has 0 aliphatic carbocycles. The van der Waals surface area contributed by atoms with Gasteiger partial charge in [0.1, 0.15) is 91.4 Å². The molecule has 0 saturated carbocycles. The van der Waals surface area contributed by atoms with Crippen LogP contribution in [0.4, 0.5) is 0 Å². The van der Waals surface area contributed by atoms with Gasteiger partial charge >= 0.3 is 0 Å². The number of ether oxygens (including phenoxy) is 14. The first-order valence-corrected chi connectivity index (χ1v) is 45.8. The predicted molar refractivity (Wildman–Crippen MR) is 441 cm³/mol. The molecular formula is C91H108N2O22S2Si. The number of benzene rings is 9. The van der Waals surface area contributed by atoms with Gasteiger partial charge in [-0.05, 0) is 88.3 Å². The van der Waals surface area contributed by atoms with Crippen molar-refractivity contribution < 1.29 is 103 Å². The molecule has 0 amide bonds. The van der Waals surface area contributed by atoms with Gasteiger partial charge in [-0.1, -0.05) is 269 Å². The van der Waals surface area contributed by atoms with Crippen LogP contribution in [-0.4, -0.2) is 183 Å². The quantitative estimate of drug-likeness (QED) is 0.0225. The molecule has 9 aromatic carbocycles. The van der Waals surface area contributed by atoms with Gasteiger partial charge in [0.25, 0.3) is 0 Å². The molecule has 20 atom stereocenters. The van der Waals surface area contributed by atoms with Gasteiger partial charge in [0.2, 0.25) is 20.0 Å². The molecule has 0 bridgehead atoms. The zero-order valence-corrected chi connectivity index (χ0v) is 69.6. The van der Waals surface area contributed by atoms with E-state index >= 15 is 16.8 Å². The molecule has 4 aliphatic heterocycles. The van der Waals surface area contributed by atoms with Crippen LogP contribution >= 0.6 is 0 Å². The molecule has 5 N–H and O–H groups in total. The smallest absolute Gasteiger partial charge is 0.241 e. The minimum atomic E-state index is -4.74. The van der Waals surface area contributed by atoms with E-state index in [2.05, 4.69) is 9.44 Å². The minimum absolute atomic E-state index is 0.0128. The molecule has 0 aromatic heterocycles. The average Bonchev–Trinajstić information content (AvgIpc) is 0.749. The van der Waals surface area contributed by atoms with Crippen LogP contribution in [0, 0.1) is 0 Å². The molecule has 4 saturated heterocycles. The van der Waals surface area contributed by atoms with Crippen molar-refractivity contribution in [1.82, 2.24) is 9.44 Å². The van der Waals surface area contributed by atoms with E-state index in [4.69, 9.17) is 70.7 Å². The summed E-state index contributed by atoms with van der Waals surface area (Å²) >= 11 is 0. The molecule has 630 valence electrons. The SMILES string of the molecule is C[C@@H]1O[C@@H](OCC2O[C@H](O[Si](C)(C)C(C)(C)C)C(NS(=O)(=O)c3ccccc3)[C@@H](OCc3ccccc3)[C@@H]2O[C@@H]2OC(COCc3ccccc3)[C@@H](O[C@@H]3OC(CO)[C@@H](O)[C@H](O)C3OCc3ccccc3)[C@H](OCc3ccccc3)C2NS(=O)(=O)c2ccccc2)C(OCc2ccccc2)C(OCc2ccccc2)[C@@H]1OCc1ccccc1. The van der Waals surface area contributed by atoms with E-state index in [0.29, 0.717) is 16.7 Å². The summed E-state index contributed by atoms with van der Waals surface area (Å²) in [6.45, 7) is 10.4. The van der Waals surface area contributed by atoms with Crippen LogP contribution in [0.5, 0.6) is 0 Å². The Morgan fingerprint density at radius 1 is 0.347 bits per heavy atom. The summed E-state index contributed by atoms with van der Waals surface area (Å²) in [5, 5.41) is 34.2. The van der Waals surface area contributed by atoms with Gasteiger partial charge in [0, 0.05) is 0 Å². The maximum Gasteiger partial charge on any atom is 0.241 e. The summed E-state index contributed by atoms with van der Waals surface area (Å²) in [6.07, 6.45) is -25.3. The summed E-state index contributed by atoms with van der Waals surface area (Å²) in [4.78, 5) is -0.266. The summed E-state index contributed by atoms with van der Waals surface area (Å²) < 4.78 is 176. The predicted octanol–water partition coefficient (Wildman–Crippen LogP) is 11.9. The second kappa shape index (κ2) is 41.7. The topological polar surface area (TPSA) is 291 Å². The van der Waals surface area contributed by atoms with Crippen molar-refractivity contribution in [3.63, 3.8) is 0 Å². The standard InChI is InChI=1S/C91H108N2O22S2Si/c1-62-79(102-54-64-36-18-8-19-37-64)85(106-58-68-44-26-12-27-45-68)86(107-59-69-46-28-13-29-47-69)89(109-62)108-61-74-81(83(104-56-66-40-22-10-23-41-66)76(88(112-74)115-118(5,6)91(2,3)4)93-117(99,100)71-50-32-15-33-51-71)113-87-75(92-116(97,98)70-48-30-14-31-49-70)82(103-55-65-38-20-9-21-39-65)80(73(111-87)60-101-53-63-34-16-7-17-35-63)114-90-84(78(96)77(95)72(52-94)110-90)105-57-67-42-24-11-25-43-67/h7-51,62,72-90,92-96H,52-61H2,1-6H3/t62-,72?,73?,74?,75?,76?,77+,78-,79+,80+,81+,82+,83+,84?,85?,86?,87-,88+,89+,90-/m0/s1. The lowest BCUT2D eigenvalue weighted by molar-refractivity contribution is -0.371. The fraction of sp³-hybridized carbons (Fsp3) is 0.407. The first-order valence-electron chi connectivity index (χ1n) is 40.0. The molecule has 4 heterocycles. The molecule has 4 aliphatic rings. The minimum Gasteiger partial charge on any atom is -0.394 e. The lowest BCUT2D eigenvalue weighted by Gasteiger charge is -2.52. The summed E-state index contributed by atoms with van der Waals surface area (Å²) in [6, 6.07) is 78.3. The number of hydrogen-bond donors (Lipinski definition) is 5. The summed E-state index contributed by atoms with van der Waals surface area (Å²) in [5.74, 6) is 0. The number of nitrogens with one attached hydrogen (secondary N) is 2. The molecule has 9 aromatic rings. The van der Waals surface area contributed by atoms with Crippen LogP contribution in [-0.2, 0) is 137 Å². The van der Waals surface area contributed by atoms with Gasteiger partial charge in [-0.25, -0.2) is 26.3 Å². The Hall–Kier alpha value is -7.70. The number of hydrogen-bond acceptors (Lipinski definition) is 22. The van der Waals surface area contributed by atoms with E-state index in [9.17, 15) is 15.3 Å². The Kier molecular flexibility index (Phi) is 31.1. The molecule has 0 radical (unpaired) electrons. The summed E-state index contributed by atoms with van der Waals surface area (Å²) in [5.41, 5.74) is 5.40. The molecule has 13 rings (SSSR count). The zero-order valence-electron chi connectivity index (χ0n) is 67.0. The fourth-order valence-electron chi connectivity index (χ4n) is 14.4. The van der Waals surface area contributed by atoms with Gasteiger partial charge in [0.15, 0.2) is 33.5 Å². The highest BCUT2D eigenvalue weighted by molar-refractivity contribution is 7.89. The van der Waals surface area contributed by atoms with Gasteiger partial charge in [0.05, 0.1) is 82.0 Å². The van der Waals surface area contributed by atoms with E-state index in [1.54, 1.807) is 36.4 Å². The fourth-order valence-corrected chi connectivity index (χ4v) is 18.1. The van der Waals surface area contributed by atoms with Crippen molar-refractivity contribution in [3.05, 3.63) is 312 Å². The molecule has 118 heavy (non-hydrogen) atoms. The van der Waals surface area contributed by atoms with E-state index in [-0.39, 0.29) is 62.6 Å². The average molecular weight is 1670 g/mol. The Morgan fingerprint density at radius 2 is 0.669 bits per heavy atom. The second-order valence-electron chi connectivity index (χ2n) is 31.4. The lowest BCUT2D eigenvalue weighted by Crippen LogP contribution is -2.71. The van der Waals surface area contributed by atoms with E-state index in [1.807, 2.05) is 253 Å².